The largest absolute Gasteiger partial charge is 0.333 e. The molecule has 0 radical (unpaired) electrons. The van der Waals surface area contributed by atoms with Crippen molar-refractivity contribution in [3.63, 3.8) is 0 Å². The Bertz CT molecular complexity index is 1180. The predicted octanol–water partition coefficient (Wildman–Crippen LogP) is 4.94. The number of aromatic amines is 1. The van der Waals surface area contributed by atoms with Crippen LogP contribution in [-0.2, 0) is 18.7 Å². The van der Waals surface area contributed by atoms with E-state index in [-0.39, 0.29) is 5.91 Å². The number of aromatic nitrogens is 3. The monoisotopic (exact) mass is 449 g/mol. The number of nitrogens with zero attached hydrogens (tertiary/aromatic N) is 3. The molecule has 0 saturated heterocycles. The van der Waals surface area contributed by atoms with Crippen molar-refractivity contribution >= 4 is 45.2 Å². The van der Waals surface area contributed by atoms with Crippen molar-refractivity contribution in [3.05, 3.63) is 70.2 Å². The topological polar surface area (TPSA) is 73.9 Å². The van der Waals surface area contributed by atoms with E-state index in [0.717, 1.165) is 59.3 Å². The van der Waals surface area contributed by atoms with E-state index in [0.29, 0.717) is 10.7 Å². The van der Waals surface area contributed by atoms with Crippen molar-refractivity contribution in [2.45, 2.75) is 30.8 Å². The molecule has 4 aromatic rings. The summed E-state index contributed by atoms with van der Waals surface area (Å²) < 4.78 is 0. The number of imidazole rings is 1. The fraction of sp³-hybridized carbons (Fsp3) is 0.261. The number of thiazole rings is 1. The lowest BCUT2D eigenvalue weighted by Gasteiger charge is -2.23. The molecule has 5 rings (SSSR count). The first-order valence-electron chi connectivity index (χ1n) is 10.4. The van der Waals surface area contributed by atoms with Gasteiger partial charge in [-0.3, -0.25) is 15.0 Å². The summed E-state index contributed by atoms with van der Waals surface area (Å²) in [5.74, 6) is 0.671. The minimum Gasteiger partial charge on any atom is -0.333 e. The van der Waals surface area contributed by atoms with E-state index < -0.39 is 0 Å². The highest BCUT2D eigenvalue weighted by Gasteiger charge is 2.20. The minimum absolute atomic E-state index is 0.116. The summed E-state index contributed by atoms with van der Waals surface area (Å²) in [4.78, 5) is 28.9. The van der Waals surface area contributed by atoms with Crippen LogP contribution in [0.4, 0.5) is 5.13 Å². The number of rotatable bonds is 6. The molecule has 0 bridgehead atoms. The lowest BCUT2D eigenvalue weighted by molar-refractivity contribution is 0.102. The third-order valence-corrected chi connectivity index (χ3v) is 7.38. The summed E-state index contributed by atoms with van der Waals surface area (Å²) in [6.45, 7) is 5.18. The van der Waals surface area contributed by atoms with Gasteiger partial charge in [0.2, 0.25) is 0 Å². The van der Waals surface area contributed by atoms with Crippen molar-refractivity contribution in [2.24, 2.45) is 0 Å². The number of benzene rings is 2. The Morgan fingerprint density at radius 3 is 2.84 bits per heavy atom. The van der Waals surface area contributed by atoms with Crippen molar-refractivity contribution in [1.29, 1.82) is 0 Å². The molecule has 31 heavy (non-hydrogen) atoms. The SMILES string of the molecule is CCN1CCc2nc(NC(=O)c3ccc(CSc4nc5ccccc5[nH]4)cc3)sc2C1. The second-order valence-electron chi connectivity index (χ2n) is 7.51. The summed E-state index contributed by atoms with van der Waals surface area (Å²) in [6, 6.07) is 15.8. The van der Waals surface area contributed by atoms with Gasteiger partial charge in [-0.2, -0.15) is 0 Å². The fourth-order valence-electron chi connectivity index (χ4n) is 3.64. The van der Waals surface area contributed by atoms with Crippen molar-refractivity contribution < 1.29 is 4.79 Å². The number of hydrogen-bond donors (Lipinski definition) is 2. The van der Waals surface area contributed by atoms with Gasteiger partial charge in [0.25, 0.3) is 5.91 Å². The zero-order valence-electron chi connectivity index (χ0n) is 17.2. The maximum atomic E-state index is 12.7. The maximum Gasteiger partial charge on any atom is 0.257 e. The smallest absolute Gasteiger partial charge is 0.257 e. The van der Waals surface area contributed by atoms with Gasteiger partial charge < -0.3 is 4.98 Å². The number of H-pyrrole nitrogens is 1. The number of thioether (sulfide) groups is 1. The van der Waals surface area contributed by atoms with E-state index in [4.69, 9.17) is 0 Å². The number of likely N-dealkylation sites (N-methyl/N-ethyl adjacent to an activating group) is 1. The van der Waals surface area contributed by atoms with E-state index in [9.17, 15) is 4.79 Å². The first kappa shape index (κ1) is 20.2. The van der Waals surface area contributed by atoms with Crippen LogP contribution in [-0.4, -0.2) is 38.8 Å². The van der Waals surface area contributed by atoms with Crippen LogP contribution < -0.4 is 5.32 Å². The third kappa shape index (κ3) is 4.51. The van der Waals surface area contributed by atoms with E-state index in [1.54, 1.807) is 23.1 Å². The van der Waals surface area contributed by atoms with Gasteiger partial charge >= 0.3 is 0 Å². The van der Waals surface area contributed by atoms with Gasteiger partial charge in [0, 0.05) is 35.7 Å². The lowest BCUT2D eigenvalue weighted by atomic mass is 10.1. The molecule has 0 fully saturated rings. The van der Waals surface area contributed by atoms with E-state index in [2.05, 4.69) is 32.1 Å². The van der Waals surface area contributed by atoms with E-state index >= 15 is 0 Å². The number of carbonyl (C=O) groups is 1. The number of anilines is 1. The van der Waals surface area contributed by atoms with E-state index in [1.807, 2.05) is 48.5 Å². The Morgan fingerprint density at radius 2 is 2.03 bits per heavy atom. The molecule has 6 nitrogen and oxygen atoms in total. The second kappa shape index (κ2) is 8.82. The van der Waals surface area contributed by atoms with Crippen molar-refractivity contribution in [1.82, 2.24) is 19.9 Å². The molecule has 0 atom stereocenters. The number of nitrogens with one attached hydrogen (secondary N) is 2. The minimum atomic E-state index is -0.116. The molecule has 2 aromatic carbocycles. The predicted molar refractivity (Wildman–Crippen MR) is 127 cm³/mol. The molecule has 8 heteroatoms. The highest BCUT2D eigenvalue weighted by molar-refractivity contribution is 7.98. The molecule has 0 unspecified atom stereocenters. The molecule has 1 aliphatic rings. The van der Waals surface area contributed by atoms with Crippen LogP contribution in [0.1, 0.15) is 33.4 Å². The Labute approximate surface area is 189 Å². The normalized spacial score (nSPS) is 14.0. The second-order valence-corrected chi connectivity index (χ2v) is 9.55. The molecular weight excluding hydrogens is 426 g/mol. The molecule has 1 amide bonds. The molecule has 3 heterocycles. The van der Waals surface area contributed by atoms with Gasteiger partial charge in [-0.05, 0) is 36.4 Å². The van der Waals surface area contributed by atoms with Crippen LogP contribution in [0.5, 0.6) is 0 Å². The number of hydrogen-bond acceptors (Lipinski definition) is 6. The highest BCUT2D eigenvalue weighted by atomic mass is 32.2. The number of amides is 1. The summed E-state index contributed by atoms with van der Waals surface area (Å²) in [5.41, 5.74) is 4.93. The van der Waals surface area contributed by atoms with Crippen molar-refractivity contribution in [2.75, 3.05) is 18.4 Å². The van der Waals surface area contributed by atoms with Gasteiger partial charge in [0.05, 0.1) is 16.7 Å². The van der Waals surface area contributed by atoms with Crippen LogP contribution in [0, 0.1) is 0 Å². The van der Waals surface area contributed by atoms with Gasteiger partial charge in [0.1, 0.15) is 0 Å². The van der Waals surface area contributed by atoms with Crippen LogP contribution >= 0.6 is 23.1 Å². The van der Waals surface area contributed by atoms with Crippen LogP contribution in [0.15, 0.2) is 53.7 Å². The summed E-state index contributed by atoms with van der Waals surface area (Å²) in [5, 5.41) is 4.56. The van der Waals surface area contributed by atoms with Crippen molar-refractivity contribution in [3.8, 4) is 0 Å². The standard InChI is InChI=1S/C23H23N5OS2/c1-2-28-12-11-19-20(13-28)31-23(26-19)27-21(29)16-9-7-15(8-10-16)14-30-22-24-17-5-3-4-6-18(17)25-22/h3-10H,2,11-14H2,1H3,(H,24,25)(H,26,27,29). The van der Waals surface area contributed by atoms with Crippen LogP contribution in [0.2, 0.25) is 0 Å². The van der Waals surface area contributed by atoms with Gasteiger partial charge in [-0.25, -0.2) is 9.97 Å². The van der Waals surface area contributed by atoms with E-state index in [1.165, 1.54) is 4.88 Å². The summed E-state index contributed by atoms with van der Waals surface area (Å²) in [7, 11) is 0. The maximum absolute atomic E-state index is 12.7. The number of carbonyl (C=O) groups excluding carboxylic acids is 1. The summed E-state index contributed by atoms with van der Waals surface area (Å²) >= 11 is 3.24. The molecule has 1 aliphatic heterocycles. The zero-order chi connectivity index (χ0) is 21.2. The quantitative estimate of drug-likeness (QED) is 0.408. The average molecular weight is 450 g/mol. The Balaban J connectivity index is 1.19. The molecule has 0 spiro atoms. The third-order valence-electron chi connectivity index (χ3n) is 5.44. The highest BCUT2D eigenvalue weighted by Crippen LogP contribution is 2.28. The number of para-hydroxylation sites is 2. The molecule has 0 saturated carbocycles. The molecule has 158 valence electrons. The van der Waals surface area contributed by atoms with Crippen LogP contribution in [0.25, 0.3) is 11.0 Å². The fourth-order valence-corrected chi connectivity index (χ4v) is 5.53. The molecule has 2 aromatic heterocycles. The Hall–Kier alpha value is -2.68. The Morgan fingerprint density at radius 1 is 1.19 bits per heavy atom. The Kier molecular flexibility index (Phi) is 5.76. The molecular formula is C23H23N5OS2. The first-order chi connectivity index (χ1) is 15.2. The van der Waals surface area contributed by atoms with Gasteiger partial charge in [-0.1, -0.05) is 43.0 Å². The van der Waals surface area contributed by atoms with Crippen LogP contribution in [0.3, 0.4) is 0 Å². The zero-order valence-corrected chi connectivity index (χ0v) is 18.9. The lowest BCUT2D eigenvalue weighted by Crippen LogP contribution is -2.29. The summed E-state index contributed by atoms with van der Waals surface area (Å²) in [6.07, 6.45) is 0.952. The van der Waals surface area contributed by atoms with Gasteiger partial charge in [-0.15, -0.1) is 11.3 Å². The number of fused-ring (bicyclic) bond motifs is 2. The average Bonchev–Trinajstić information content (AvgIpc) is 3.40. The molecule has 2 N–H and O–H groups in total. The van der Waals surface area contributed by atoms with Gasteiger partial charge in [0.15, 0.2) is 10.3 Å². The first-order valence-corrected chi connectivity index (χ1v) is 12.2. The molecule has 0 aliphatic carbocycles.